The lowest BCUT2D eigenvalue weighted by Gasteiger charge is -2.25. The molecule has 1 amide bonds. The molecule has 2 N–H and O–H groups in total. The van der Waals surface area contributed by atoms with E-state index in [1.54, 1.807) is 0 Å². The van der Waals surface area contributed by atoms with Gasteiger partial charge in [-0.25, -0.2) is 9.78 Å². The lowest BCUT2D eigenvalue weighted by molar-refractivity contribution is 0.0690. The smallest absolute Gasteiger partial charge is 0.354 e. The first kappa shape index (κ1) is 15.5. The largest absolute Gasteiger partial charge is 0.477 e. The Hall–Kier alpha value is -1.91. The Morgan fingerprint density at radius 2 is 2.10 bits per heavy atom. The predicted molar refractivity (Wildman–Crippen MR) is 79.3 cm³/mol. The molecule has 1 aromatic heterocycles. The molecule has 2 rings (SSSR count). The summed E-state index contributed by atoms with van der Waals surface area (Å²) in [6.07, 6.45) is 8.74. The molecule has 5 nitrogen and oxygen atoms in total. The van der Waals surface area contributed by atoms with Crippen LogP contribution >= 0.6 is 0 Å². The zero-order valence-electron chi connectivity index (χ0n) is 12.3. The van der Waals surface area contributed by atoms with Crippen molar-refractivity contribution in [2.24, 2.45) is 5.92 Å². The van der Waals surface area contributed by atoms with Gasteiger partial charge in [0.1, 0.15) is 5.69 Å². The summed E-state index contributed by atoms with van der Waals surface area (Å²) in [5.74, 6) is -0.663. The molecule has 0 radical (unpaired) electrons. The van der Waals surface area contributed by atoms with Crippen LogP contribution in [0.4, 0.5) is 0 Å². The Bertz CT molecular complexity index is 510. The molecule has 0 bridgehead atoms. The van der Waals surface area contributed by atoms with Crippen molar-refractivity contribution in [2.45, 2.75) is 51.5 Å². The van der Waals surface area contributed by atoms with Crippen LogP contribution in [-0.4, -0.2) is 28.0 Å². The molecule has 1 aliphatic rings. The molecule has 1 aromatic rings. The predicted octanol–water partition coefficient (Wildman–Crippen LogP) is 2.87. The SMILES string of the molecule is C[C@H](CC1CCCCC1)NC(=O)c1ccnc(C(=O)O)c1. The summed E-state index contributed by atoms with van der Waals surface area (Å²) in [4.78, 5) is 26.7. The summed E-state index contributed by atoms with van der Waals surface area (Å²) in [6, 6.07) is 2.95. The van der Waals surface area contributed by atoms with Crippen LogP contribution in [0.1, 0.15) is 66.3 Å². The van der Waals surface area contributed by atoms with Crippen molar-refractivity contribution in [3.05, 3.63) is 29.6 Å². The van der Waals surface area contributed by atoms with E-state index < -0.39 is 5.97 Å². The number of nitrogens with zero attached hydrogens (tertiary/aromatic N) is 1. The van der Waals surface area contributed by atoms with E-state index in [1.165, 1.54) is 50.4 Å². The van der Waals surface area contributed by atoms with E-state index in [9.17, 15) is 9.59 Å². The zero-order valence-corrected chi connectivity index (χ0v) is 12.3. The molecule has 0 aliphatic heterocycles. The minimum absolute atomic E-state index is 0.0991. The molecule has 114 valence electrons. The van der Waals surface area contributed by atoms with Crippen molar-refractivity contribution in [3.8, 4) is 0 Å². The third-order valence-electron chi connectivity index (χ3n) is 4.03. The van der Waals surface area contributed by atoms with Crippen LogP contribution in [0, 0.1) is 5.92 Å². The van der Waals surface area contributed by atoms with Gasteiger partial charge in [0.05, 0.1) is 0 Å². The van der Waals surface area contributed by atoms with E-state index in [2.05, 4.69) is 10.3 Å². The molecule has 1 saturated carbocycles. The van der Waals surface area contributed by atoms with Crippen LogP contribution in [0.3, 0.4) is 0 Å². The fourth-order valence-corrected chi connectivity index (χ4v) is 2.98. The van der Waals surface area contributed by atoms with Gasteiger partial charge in [0.25, 0.3) is 5.91 Å². The average molecular weight is 290 g/mol. The van der Waals surface area contributed by atoms with E-state index >= 15 is 0 Å². The van der Waals surface area contributed by atoms with Crippen molar-refractivity contribution in [1.82, 2.24) is 10.3 Å². The number of hydrogen-bond acceptors (Lipinski definition) is 3. The van der Waals surface area contributed by atoms with Gasteiger partial charge in [-0.2, -0.15) is 0 Å². The van der Waals surface area contributed by atoms with Crippen LogP contribution in [0.15, 0.2) is 18.3 Å². The molecular formula is C16H22N2O3. The number of carboxylic acids is 1. The van der Waals surface area contributed by atoms with Gasteiger partial charge < -0.3 is 10.4 Å². The molecule has 21 heavy (non-hydrogen) atoms. The molecule has 5 heteroatoms. The highest BCUT2D eigenvalue weighted by molar-refractivity contribution is 5.96. The maximum atomic E-state index is 12.1. The van der Waals surface area contributed by atoms with Gasteiger partial charge in [0, 0.05) is 17.8 Å². The maximum absolute atomic E-state index is 12.1. The molecule has 0 saturated heterocycles. The summed E-state index contributed by atoms with van der Waals surface area (Å²) in [7, 11) is 0. The minimum atomic E-state index is -1.13. The number of pyridine rings is 1. The molecule has 1 heterocycles. The first-order chi connectivity index (χ1) is 10.1. The number of amides is 1. The number of carbonyl (C=O) groups is 2. The van der Waals surface area contributed by atoms with Crippen LogP contribution < -0.4 is 5.32 Å². The first-order valence-electron chi connectivity index (χ1n) is 7.56. The number of carboxylic acid groups (broad SMARTS) is 1. The second kappa shape index (κ2) is 7.20. The van der Waals surface area contributed by atoms with Gasteiger partial charge in [0.15, 0.2) is 0 Å². The third-order valence-corrected chi connectivity index (χ3v) is 4.03. The van der Waals surface area contributed by atoms with Crippen LogP contribution in [-0.2, 0) is 0 Å². The second-order valence-corrected chi connectivity index (χ2v) is 5.85. The lowest BCUT2D eigenvalue weighted by atomic mass is 9.85. The maximum Gasteiger partial charge on any atom is 0.354 e. The number of rotatable bonds is 5. The van der Waals surface area contributed by atoms with Gasteiger partial charge in [-0.1, -0.05) is 32.1 Å². The van der Waals surface area contributed by atoms with Crippen molar-refractivity contribution in [2.75, 3.05) is 0 Å². The van der Waals surface area contributed by atoms with Crippen molar-refractivity contribution < 1.29 is 14.7 Å². The van der Waals surface area contributed by atoms with Crippen LogP contribution in [0.5, 0.6) is 0 Å². The number of carbonyl (C=O) groups excluding carboxylic acids is 1. The van der Waals surface area contributed by atoms with E-state index in [0.29, 0.717) is 11.5 Å². The number of aromatic carboxylic acids is 1. The van der Waals surface area contributed by atoms with Gasteiger partial charge in [-0.05, 0) is 31.4 Å². The Labute approximate surface area is 124 Å². The Morgan fingerprint density at radius 3 is 2.76 bits per heavy atom. The average Bonchev–Trinajstić information content (AvgIpc) is 2.48. The molecule has 1 atom stereocenters. The van der Waals surface area contributed by atoms with Gasteiger partial charge in [0.2, 0.25) is 0 Å². The highest BCUT2D eigenvalue weighted by atomic mass is 16.4. The van der Waals surface area contributed by atoms with Gasteiger partial charge in [-0.3, -0.25) is 4.79 Å². The molecule has 0 aromatic carbocycles. The quantitative estimate of drug-likeness (QED) is 0.874. The highest BCUT2D eigenvalue weighted by Crippen LogP contribution is 2.27. The summed E-state index contributed by atoms with van der Waals surface area (Å²) in [5, 5.41) is 11.8. The fraction of sp³-hybridized carbons (Fsp3) is 0.562. The second-order valence-electron chi connectivity index (χ2n) is 5.85. The molecular weight excluding hydrogens is 268 g/mol. The number of aromatic nitrogens is 1. The first-order valence-corrected chi connectivity index (χ1v) is 7.56. The summed E-state index contributed by atoms with van der Waals surface area (Å²) in [6.45, 7) is 2.01. The minimum Gasteiger partial charge on any atom is -0.477 e. The normalized spacial score (nSPS) is 17.2. The topological polar surface area (TPSA) is 79.3 Å². The monoisotopic (exact) mass is 290 g/mol. The van der Waals surface area contributed by atoms with Gasteiger partial charge in [-0.15, -0.1) is 0 Å². The van der Waals surface area contributed by atoms with E-state index in [4.69, 9.17) is 5.11 Å². The zero-order chi connectivity index (χ0) is 15.2. The number of nitrogens with one attached hydrogen (secondary N) is 1. The van der Waals surface area contributed by atoms with Gasteiger partial charge >= 0.3 is 5.97 Å². The lowest BCUT2D eigenvalue weighted by Crippen LogP contribution is -2.34. The van der Waals surface area contributed by atoms with Crippen molar-refractivity contribution in [1.29, 1.82) is 0 Å². The number of hydrogen-bond donors (Lipinski definition) is 2. The molecule has 0 spiro atoms. The molecule has 0 unspecified atom stereocenters. The Balaban J connectivity index is 1.90. The van der Waals surface area contributed by atoms with E-state index in [1.807, 2.05) is 6.92 Å². The van der Waals surface area contributed by atoms with Crippen molar-refractivity contribution >= 4 is 11.9 Å². The summed E-state index contributed by atoms with van der Waals surface area (Å²) >= 11 is 0. The van der Waals surface area contributed by atoms with E-state index in [-0.39, 0.29) is 17.6 Å². The fourth-order valence-electron chi connectivity index (χ4n) is 2.98. The summed E-state index contributed by atoms with van der Waals surface area (Å²) in [5.41, 5.74) is 0.237. The van der Waals surface area contributed by atoms with Crippen LogP contribution in [0.25, 0.3) is 0 Å². The highest BCUT2D eigenvalue weighted by Gasteiger charge is 2.18. The third kappa shape index (κ3) is 4.55. The van der Waals surface area contributed by atoms with Crippen molar-refractivity contribution in [3.63, 3.8) is 0 Å². The van der Waals surface area contributed by atoms with Crippen LogP contribution in [0.2, 0.25) is 0 Å². The summed E-state index contributed by atoms with van der Waals surface area (Å²) < 4.78 is 0. The van der Waals surface area contributed by atoms with E-state index in [0.717, 1.165) is 6.42 Å². The standard InChI is InChI=1S/C16H22N2O3/c1-11(9-12-5-3-2-4-6-12)18-15(19)13-7-8-17-14(10-13)16(20)21/h7-8,10-12H,2-6,9H2,1H3,(H,18,19)(H,20,21)/t11-/m1/s1. The molecule has 1 aliphatic carbocycles. The Kier molecular flexibility index (Phi) is 5.31. The Morgan fingerprint density at radius 1 is 1.38 bits per heavy atom. The molecule has 1 fully saturated rings.